The van der Waals surface area contributed by atoms with E-state index < -0.39 is 11.5 Å². The van der Waals surface area contributed by atoms with Crippen molar-refractivity contribution in [1.29, 1.82) is 0 Å². The Morgan fingerprint density at radius 1 is 1.11 bits per heavy atom. The zero-order valence-electron chi connectivity index (χ0n) is 11.3. The number of amides is 1. The van der Waals surface area contributed by atoms with Crippen LogP contribution in [0.15, 0.2) is 0 Å². The van der Waals surface area contributed by atoms with Crippen molar-refractivity contribution >= 4 is 11.7 Å². The van der Waals surface area contributed by atoms with E-state index in [4.69, 9.17) is 10.5 Å². The van der Waals surface area contributed by atoms with E-state index in [-0.39, 0.29) is 5.78 Å². The molecule has 0 spiro atoms. The number of nitrogens with two attached hydrogens (primary N) is 1. The fourth-order valence-corrected chi connectivity index (χ4v) is 2.50. The second kappa shape index (κ2) is 3.57. The number of fused-ring (bicyclic) bond motifs is 1. The minimum absolute atomic E-state index is 0.0442. The van der Waals surface area contributed by atoms with Gasteiger partial charge in [-0.25, -0.2) is 0 Å². The molecule has 0 unspecified atom stereocenters. The van der Waals surface area contributed by atoms with Gasteiger partial charge in [0.1, 0.15) is 5.75 Å². The molecule has 1 amide bonds. The average Bonchev–Trinajstić information content (AvgIpc) is 2.48. The molecule has 4 nitrogen and oxygen atoms in total. The van der Waals surface area contributed by atoms with E-state index >= 15 is 0 Å². The zero-order valence-corrected chi connectivity index (χ0v) is 11.3. The molecular formula is C14H17NO3. The fraction of sp³-hybridized carbons (Fsp3) is 0.429. The maximum absolute atomic E-state index is 12.3. The van der Waals surface area contributed by atoms with E-state index in [9.17, 15) is 9.59 Å². The Labute approximate surface area is 106 Å². The average molecular weight is 247 g/mol. The van der Waals surface area contributed by atoms with Gasteiger partial charge in [0.05, 0.1) is 5.56 Å². The number of Topliss-reactive ketones (excluding diaryl/α,β-unsaturated/α-hetero) is 1. The van der Waals surface area contributed by atoms with Crippen LogP contribution in [0.25, 0.3) is 0 Å². The van der Waals surface area contributed by atoms with Gasteiger partial charge < -0.3 is 10.5 Å². The van der Waals surface area contributed by atoms with Crippen LogP contribution in [0.3, 0.4) is 0 Å². The first-order chi connectivity index (χ1) is 8.18. The molecule has 0 saturated heterocycles. The maximum atomic E-state index is 12.3. The Morgan fingerprint density at radius 3 is 2.17 bits per heavy atom. The summed E-state index contributed by atoms with van der Waals surface area (Å²) in [4.78, 5) is 23.8. The maximum Gasteiger partial charge on any atom is 0.249 e. The number of primary amides is 1. The van der Waals surface area contributed by atoms with Crippen LogP contribution in [0.1, 0.15) is 51.3 Å². The van der Waals surface area contributed by atoms with Gasteiger partial charge in [-0.2, -0.15) is 0 Å². The van der Waals surface area contributed by atoms with Crippen molar-refractivity contribution in [2.45, 2.75) is 40.2 Å². The summed E-state index contributed by atoms with van der Waals surface area (Å²) in [6.07, 6.45) is 0. The lowest BCUT2D eigenvalue weighted by Gasteiger charge is -2.16. The van der Waals surface area contributed by atoms with Gasteiger partial charge in [-0.15, -0.1) is 0 Å². The summed E-state index contributed by atoms with van der Waals surface area (Å²) in [5.74, 6) is -0.0317. The molecule has 0 aromatic heterocycles. The first-order valence-corrected chi connectivity index (χ1v) is 5.86. The van der Waals surface area contributed by atoms with Crippen molar-refractivity contribution in [3.05, 3.63) is 27.8 Å². The molecule has 2 rings (SSSR count). The Bertz CT molecular complexity index is 585. The van der Waals surface area contributed by atoms with Crippen LogP contribution in [0.5, 0.6) is 5.75 Å². The highest BCUT2D eigenvalue weighted by molar-refractivity contribution is 6.10. The van der Waals surface area contributed by atoms with Crippen molar-refractivity contribution < 1.29 is 14.3 Å². The van der Waals surface area contributed by atoms with Crippen molar-refractivity contribution in [2.75, 3.05) is 0 Å². The van der Waals surface area contributed by atoms with Gasteiger partial charge in [0.25, 0.3) is 0 Å². The van der Waals surface area contributed by atoms with E-state index in [1.165, 1.54) is 0 Å². The molecular weight excluding hydrogens is 230 g/mol. The number of carbonyl (C=O) groups is 2. The molecule has 4 heteroatoms. The number of rotatable bonds is 1. The lowest BCUT2D eigenvalue weighted by atomic mass is 9.89. The number of hydrogen-bond donors (Lipinski definition) is 1. The van der Waals surface area contributed by atoms with Gasteiger partial charge in [-0.1, -0.05) is 0 Å². The van der Waals surface area contributed by atoms with Crippen LogP contribution in [-0.2, 0) is 0 Å². The predicted octanol–water partition coefficient (Wildman–Crippen LogP) is 2.06. The second-order valence-electron chi connectivity index (χ2n) is 5.26. The van der Waals surface area contributed by atoms with Crippen LogP contribution >= 0.6 is 0 Å². The summed E-state index contributed by atoms with van der Waals surface area (Å²) in [6.45, 7) is 8.85. The highest BCUT2D eigenvalue weighted by Crippen LogP contribution is 2.42. The third-order valence-corrected chi connectivity index (χ3v) is 3.63. The van der Waals surface area contributed by atoms with Gasteiger partial charge in [-0.05, 0) is 45.7 Å². The van der Waals surface area contributed by atoms with Crippen molar-refractivity contribution in [3.63, 3.8) is 0 Å². The first-order valence-electron chi connectivity index (χ1n) is 5.86. The molecule has 0 aliphatic carbocycles. The van der Waals surface area contributed by atoms with Gasteiger partial charge in [0.15, 0.2) is 5.60 Å². The molecule has 18 heavy (non-hydrogen) atoms. The standard InChI is InChI=1S/C14H17NO3/c1-6-7(2)10-11(8(3)9(6)13(15)17)18-14(4,5)12(10)16/h1-5H3,(H2,15,17). The lowest BCUT2D eigenvalue weighted by molar-refractivity contribution is 0.0683. The number of benzene rings is 1. The lowest BCUT2D eigenvalue weighted by Crippen LogP contribution is -2.32. The van der Waals surface area contributed by atoms with Crippen LogP contribution < -0.4 is 10.5 Å². The SMILES string of the molecule is Cc1c(C)c2c(c(C)c1C(N)=O)OC(C)(C)C2=O. The number of ketones is 1. The van der Waals surface area contributed by atoms with Gasteiger partial charge in [0.2, 0.25) is 11.7 Å². The molecule has 0 bridgehead atoms. The predicted molar refractivity (Wildman–Crippen MR) is 68.2 cm³/mol. The summed E-state index contributed by atoms with van der Waals surface area (Å²) in [6, 6.07) is 0. The van der Waals surface area contributed by atoms with Crippen LogP contribution in [0, 0.1) is 20.8 Å². The summed E-state index contributed by atoms with van der Waals surface area (Å²) >= 11 is 0. The normalized spacial score (nSPS) is 16.4. The molecule has 0 atom stereocenters. The quantitative estimate of drug-likeness (QED) is 0.825. The molecule has 96 valence electrons. The van der Waals surface area contributed by atoms with E-state index in [2.05, 4.69) is 0 Å². The third-order valence-electron chi connectivity index (χ3n) is 3.63. The molecule has 1 aliphatic rings. The minimum atomic E-state index is -0.874. The van der Waals surface area contributed by atoms with Gasteiger partial charge in [0, 0.05) is 11.1 Å². The molecule has 1 aliphatic heterocycles. The number of hydrogen-bond acceptors (Lipinski definition) is 3. The number of ether oxygens (including phenoxy) is 1. The van der Waals surface area contributed by atoms with E-state index in [0.717, 1.165) is 11.1 Å². The van der Waals surface area contributed by atoms with Crippen molar-refractivity contribution in [3.8, 4) is 5.75 Å². The molecule has 1 aromatic rings. The summed E-state index contributed by atoms with van der Waals surface area (Å²) < 4.78 is 5.71. The van der Waals surface area contributed by atoms with Crippen LogP contribution in [-0.4, -0.2) is 17.3 Å². The molecule has 0 radical (unpaired) electrons. The van der Waals surface area contributed by atoms with E-state index in [0.29, 0.717) is 22.4 Å². The van der Waals surface area contributed by atoms with Gasteiger partial charge >= 0.3 is 0 Å². The Hall–Kier alpha value is -1.84. The second-order valence-corrected chi connectivity index (χ2v) is 5.26. The molecule has 0 fully saturated rings. The fourth-order valence-electron chi connectivity index (χ4n) is 2.50. The Balaban J connectivity index is 2.85. The van der Waals surface area contributed by atoms with Crippen molar-refractivity contribution in [2.24, 2.45) is 5.73 Å². The highest BCUT2D eigenvalue weighted by atomic mass is 16.5. The zero-order chi connectivity index (χ0) is 13.8. The third kappa shape index (κ3) is 1.45. The molecule has 1 heterocycles. The Morgan fingerprint density at radius 2 is 1.67 bits per heavy atom. The topological polar surface area (TPSA) is 69.4 Å². The van der Waals surface area contributed by atoms with Crippen LogP contribution in [0.2, 0.25) is 0 Å². The van der Waals surface area contributed by atoms with E-state index in [1.807, 2.05) is 6.92 Å². The molecule has 1 aromatic carbocycles. The minimum Gasteiger partial charge on any atom is -0.479 e. The smallest absolute Gasteiger partial charge is 0.249 e. The summed E-state index contributed by atoms with van der Waals surface area (Å²) in [5, 5.41) is 0. The monoisotopic (exact) mass is 247 g/mol. The van der Waals surface area contributed by atoms with Crippen molar-refractivity contribution in [1.82, 2.24) is 0 Å². The molecule has 0 saturated carbocycles. The van der Waals surface area contributed by atoms with Gasteiger partial charge in [-0.3, -0.25) is 9.59 Å². The largest absolute Gasteiger partial charge is 0.479 e. The summed E-state index contributed by atoms with van der Waals surface area (Å²) in [5.41, 5.74) is 7.75. The molecule has 2 N–H and O–H groups in total. The Kier molecular flexibility index (Phi) is 2.50. The van der Waals surface area contributed by atoms with E-state index in [1.54, 1.807) is 27.7 Å². The number of carbonyl (C=O) groups excluding carboxylic acids is 2. The van der Waals surface area contributed by atoms with Crippen LogP contribution in [0.4, 0.5) is 0 Å². The summed E-state index contributed by atoms with van der Waals surface area (Å²) in [7, 11) is 0. The first kappa shape index (κ1) is 12.6. The highest BCUT2D eigenvalue weighted by Gasteiger charge is 2.43.